The van der Waals surface area contributed by atoms with Crippen LogP contribution in [0.4, 0.5) is 0 Å². The van der Waals surface area contributed by atoms with E-state index in [1.807, 2.05) is 31.2 Å². The lowest BCUT2D eigenvalue weighted by molar-refractivity contribution is 0.0765. The van der Waals surface area contributed by atoms with E-state index in [0.717, 1.165) is 12.2 Å². The Hall–Kier alpha value is -2.83. The average molecular weight is 345 g/mol. The summed E-state index contributed by atoms with van der Waals surface area (Å²) < 4.78 is 12.0. The summed E-state index contributed by atoms with van der Waals surface area (Å²) in [4.78, 5) is 25.6. The largest absolute Gasteiger partial charge is 0.497 e. The van der Waals surface area contributed by atoms with E-state index < -0.39 is 0 Å². The Bertz CT molecular complexity index is 756. The first kappa shape index (κ1) is 18.5. The minimum absolute atomic E-state index is 0.205. The van der Waals surface area contributed by atoms with Gasteiger partial charge in [0.05, 0.1) is 13.7 Å². The van der Waals surface area contributed by atoms with Crippen LogP contribution in [-0.4, -0.2) is 47.9 Å². The Kier molecular flexibility index (Phi) is 6.56. The fourth-order valence-corrected chi connectivity index (χ4v) is 2.20. The number of benzene rings is 1. The molecule has 25 heavy (non-hydrogen) atoms. The third-order valence-electron chi connectivity index (χ3n) is 3.62. The Balaban J connectivity index is 1.91. The molecule has 0 unspecified atom stereocenters. The molecule has 7 heteroatoms. The highest BCUT2D eigenvalue weighted by atomic mass is 16.5. The summed E-state index contributed by atoms with van der Waals surface area (Å²) in [6.45, 7) is 3.19. The van der Waals surface area contributed by atoms with Crippen molar-refractivity contribution in [3.63, 3.8) is 0 Å². The van der Waals surface area contributed by atoms with E-state index in [2.05, 4.69) is 5.10 Å². The molecule has 134 valence electrons. The van der Waals surface area contributed by atoms with Crippen LogP contribution in [0.2, 0.25) is 0 Å². The molecule has 0 atom stereocenters. The molecule has 0 bridgehead atoms. The van der Waals surface area contributed by atoms with Crippen LogP contribution in [-0.2, 0) is 6.54 Å². The Morgan fingerprint density at radius 2 is 1.84 bits per heavy atom. The van der Waals surface area contributed by atoms with Crippen LogP contribution in [0, 0.1) is 0 Å². The summed E-state index contributed by atoms with van der Waals surface area (Å²) in [5, 5.41) is 4.13. The zero-order valence-electron chi connectivity index (χ0n) is 14.8. The van der Waals surface area contributed by atoms with Gasteiger partial charge in [-0.2, -0.15) is 5.10 Å². The molecule has 7 nitrogen and oxygen atoms in total. The second kappa shape index (κ2) is 8.86. The van der Waals surface area contributed by atoms with Crippen LogP contribution in [0.25, 0.3) is 0 Å². The first-order chi connectivity index (χ1) is 12.0. The van der Waals surface area contributed by atoms with Crippen LogP contribution in [0.15, 0.2) is 41.2 Å². The summed E-state index contributed by atoms with van der Waals surface area (Å²) in [7, 11) is 3.28. The fraction of sp³-hybridized carbons (Fsp3) is 0.389. The van der Waals surface area contributed by atoms with Crippen molar-refractivity contribution in [3.8, 4) is 11.5 Å². The van der Waals surface area contributed by atoms with Crippen molar-refractivity contribution >= 4 is 5.91 Å². The Labute approximate surface area is 146 Å². The highest BCUT2D eigenvalue weighted by Gasteiger charge is 2.14. The number of methoxy groups -OCH3 is 1. The maximum Gasteiger partial charge on any atom is 0.274 e. The Morgan fingerprint density at radius 3 is 2.48 bits per heavy atom. The van der Waals surface area contributed by atoms with Gasteiger partial charge >= 0.3 is 0 Å². The number of hydrogen-bond acceptors (Lipinski definition) is 5. The van der Waals surface area contributed by atoms with Gasteiger partial charge in [-0.1, -0.05) is 6.92 Å². The van der Waals surface area contributed by atoms with Crippen LogP contribution in [0.1, 0.15) is 23.8 Å². The van der Waals surface area contributed by atoms with Gasteiger partial charge in [0.2, 0.25) is 0 Å². The summed E-state index contributed by atoms with van der Waals surface area (Å²) in [5.41, 5.74) is 0.0453. The lowest BCUT2D eigenvalue weighted by Crippen LogP contribution is -2.33. The average Bonchev–Trinajstić information content (AvgIpc) is 2.63. The van der Waals surface area contributed by atoms with Gasteiger partial charge in [-0.05, 0) is 36.8 Å². The lowest BCUT2D eigenvalue weighted by Gasteiger charge is -2.17. The minimum Gasteiger partial charge on any atom is -0.497 e. The van der Waals surface area contributed by atoms with E-state index in [4.69, 9.17) is 9.47 Å². The molecule has 0 spiro atoms. The molecule has 1 aromatic carbocycles. The molecule has 0 aliphatic carbocycles. The number of aromatic nitrogens is 2. The van der Waals surface area contributed by atoms with Crippen LogP contribution in [0.3, 0.4) is 0 Å². The molecule has 2 aromatic rings. The molecule has 0 aliphatic heterocycles. The highest BCUT2D eigenvalue weighted by molar-refractivity contribution is 5.91. The summed E-state index contributed by atoms with van der Waals surface area (Å²) in [6.07, 6.45) is 0.774. The number of rotatable bonds is 8. The summed E-state index contributed by atoms with van der Waals surface area (Å²) >= 11 is 0. The predicted molar refractivity (Wildman–Crippen MR) is 94.2 cm³/mol. The standard InChI is InChI=1S/C18H23N3O4/c1-4-11-21-17(22)10-9-16(19-21)18(23)20(2)12-13-25-15-7-5-14(24-3)6-8-15/h5-10H,4,11-13H2,1-3H3. The number of amides is 1. The number of ether oxygens (including phenoxy) is 2. The molecule has 1 aromatic heterocycles. The van der Waals surface area contributed by atoms with Crippen molar-refractivity contribution in [3.05, 3.63) is 52.4 Å². The first-order valence-electron chi connectivity index (χ1n) is 8.15. The van der Waals surface area contributed by atoms with Crippen molar-refractivity contribution in [2.24, 2.45) is 0 Å². The third-order valence-corrected chi connectivity index (χ3v) is 3.62. The number of aryl methyl sites for hydroxylation is 1. The van der Waals surface area contributed by atoms with Crippen molar-refractivity contribution in [1.82, 2.24) is 14.7 Å². The third kappa shape index (κ3) is 5.07. The molecule has 0 aliphatic rings. The number of carbonyl (C=O) groups is 1. The van der Waals surface area contributed by atoms with Crippen LogP contribution in [0.5, 0.6) is 11.5 Å². The molecule has 0 fully saturated rings. The van der Waals surface area contributed by atoms with E-state index in [9.17, 15) is 9.59 Å². The second-order valence-electron chi connectivity index (χ2n) is 5.53. The monoisotopic (exact) mass is 345 g/mol. The smallest absolute Gasteiger partial charge is 0.274 e. The molecule has 2 rings (SSSR count). The lowest BCUT2D eigenvalue weighted by atomic mass is 10.3. The van der Waals surface area contributed by atoms with E-state index in [0.29, 0.717) is 25.4 Å². The van der Waals surface area contributed by atoms with E-state index in [1.54, 1.807) is 14.2 Å². The Morgan fingerprint density at radius 1 is 1.16 bits per heavy atom. The van der Waals surface area contributed by atoms with Gasteiger partial charge in [-0.3, -0.25) is 9.59 Å². The zero-order chi connectivity index (χ0) is 18.2. The van der Waals surface area contributed by atoms with Gasteiger partial charge in [-0.25, -0.2) is 4.68 Å². The summed E-state index contributed by atoms with van der Waals surface area (Å²) in [6, 6.07) is 10.1. The molecule has 0 saturated heterocycles. The molecular formula is C18H23N3O4. The number of nitrogens with zero attached hydrogens (tertiary/aromatic N) is 3. The van der Waals surface area contributed by atoms with Gasteiger partial charge in [0, 0.05) is 19.7 Å². The van der Waals surface area contributed by atoms with Crippen molar-refractivity contribution < 1.29 is 14.3 Å². The number of carbonyl (C=O) groups excluding carboxylic acids is 1. The number of likely N-dealkylation sites (N-methyl/N-ethyl adjacent to an activating group) is 1. The van der Waals surface area contributed by atoms with Gasteiger partial charge in [0.15, 0.2) is 0 Å². The maximum atomic E-state index is 12.4. The minimum atomic E-state index is -0.247. The normalized spacial score (nSPS) is 10.4. The van der Waals surface area contributed by atoms with Gasteiger partial charge in [0.1, 0.15) is 23.8 Å². The maximum absolute atomic E-state index is 12.4. The van der Waals surface area contributed by atoms with Gasteiger partial charge < -0.3 is 14.4 Å². The quantitative estimate of drug-likeness (QED) is 0.729. The SMILES string of the molecule is CCCn1nc(C(=O)N(C)CCOc2ccc(OC)cc2)ccc1=O. The molecule has 0 radical (unpaired) electrons. The van der Waals surface area contributed by atoms with Gasteiger partial charge in [0.25, 0.3) is 11.5 Å². The first-order valence-corrected chi connectivity index (χ1v) is 8.15. The van der Waals surface area contributed by atoms with Crippen molar-refractivity contribution in [2.45, 2.75) is 19.9 Å². The molecule has 0 saturated carbocycles. The van der Waals surface area contributed by atoms with E-state index in [1.165, 1.54) is 21.7 Å². The van der Waals surface area contributed by atoms with Gasteiger partial charge in [-0.15, -0.1) is 0 Å². The second-order valence-corrected chi connectivity index (χ2v) is 5.53. The van der Waals surface area contributed by atoms with E-state index in [-0.39, 0.29) is 17.2 Å². The topological polar surface area (TPSA) is 73.7 Å². The zero-order valence-corrected chi connectivity index (χ0v) is 14.8. The molecule has 1 amide bonds. The van der Waals surface area contributed by atoms with E-state index >= 15 is 0 Å². The molecule has 1 heterocycles. The predicted octanol–water partition coefficient (Wildman–Crippen LogP) is 1.81. The van der Waals surface area contributed by atoms with Crippen molar-refractivity contribution in [1.29, 1.82) is 0 Å². The van der Waals surface area contributed by atoms with Crippen LogP contribution < -0.4 is 15.0 Å². The molecular weight excluding hydrogens is 322 g/mol. The fourth-order valence-electron chi connectivity index (χ4n) is 2.20. The molecule has 0 N–H and O–H groups in total. The van der Waals surface area contributed by atoms with Crippen LogP contribution >= 0.6 is 0 Å². The van der Waals surface area contributed by atoms with Crippen molar-refractivity contribution in [2.75, 3.05) is 27.3 Å². The number of hydrogen-bond donors (Lipinski definition) is 0. The highest BCUT2D eigenvalue weighted by Crippen LogP contribution is 2.16. The summed E-state index contributed by atoms with van der Waals surface area (Å²) in [5.74, 6) is 1.22.